The number of nitrogens with zero attached hydrogens (tertiary/aromatic N) is 8. The summed E-state index contributed by atoms with van der Waals surface area (Å²) in [6.45, 7) is 1.83. The molecule has 12 nitrogen and oxygen atoms in total. The number of aryl methyl sites for hydroxylation is 2. The first-order valence-electron chi connectivity index (χ1n) is 10.9. The lowest BCUT2D eigenvalue weighted by Crippen LogP contribution is -2.02. The zero-order valence-electron chi connectivity index (χ0n) is 19.8. The lowest BCUT2D eigenvalue weighted by Gasteiger charge is -2.15. The van der Waals surface area contributed by atoms with Crippen molar-refractivity contribution in [3.63, 3.8) is 0 Å². The molecule has 0 fully saturated rings. The fraction of sp³-hybridized carbons (Fsp3) is 0.174. The van der Waals surface area contributed by atoms with Gasteiger partial charge in [-0.05, 0) is 42.0 Å². The van der Waals surface area contributed by atoms with E-state index in [1.165, 1.54) is 11.9 Å². The Morgan fingerprint density at radius 3 is 2.59 bits per heavy atom. The van der Waals surface area contributed by atoms with E-state index in [1.54, 1.807) is 43.4 Å². The number of halogens is 2. The molecule has 0 spiro atoms. The second kappa shape index (κ2) is 9.46. The Bertz CT molecular complexity index is 1650. The molecule has 0 unspecified atom stereocenters. The van der Waals surface area contributed by atoms with Crippen molar-refractivity contribution in [2.45, 2.75) is 13.3 Å². The molecule has 3 N–H and O–H groups in total. The van der Waals surface area contributed by atoms with Gasteiger partial charge in [-0.1, -0.05) is 6.07 Å². The number of hydrogen-bond donors (Lipinski definition) is 3. The predicted octanol–water partition coefficient (Wildman–Crippen LogP) is 4.16. The van der Waals surface area contributed by atoms with E-state index in [0.29, 0.717) is 34.3 Å². The first-order valence-corrected chi connectivity index (χ1v) is 10.9. The van der Waals surface area contributed by atoms with Crippen LogP contribution < -0.4 is 15.4 Å². The number of alkyl halides is 2. The van der Waals surface area contributed by atoms with Gasteiger partial charge in [-0.3, -0.25) is 0 Å². The van der Waals surface area contributed by atoms with Crippen LogP contribution in [0.4, 0.5) is 31.8 Å². The minimum atomic E-state index is -2.82. The zero-order valence-corrected chi connectivity index (χ0v) is 19.8. The fourth-order valence-electron chi connectivity index (χ4n) is 3.76. The van der Waals surface area contributed by atoms with Crippen molar-refractivity contribution in [2.24, 2.45) is 7.05 Å². The number of pyridine rings is 2. The van der Waals surface area contributed by atoms with Gasteiger partial charge in [0.2, 0.25) is 5.82 Å². The summed E-state index contributed by atoms with van der Waals surface area (Å²) in [7, 11) is 3.14. The lowest BCUT2D eigenvalue weighted by atomic mass is 10.1. The van der Waals surface area contributed by atoms with Crippen LogP contribution in [0, 0.1) is 18.3 Å². The number of nitriles is 1. The summed E-state index contributed by atoms with van der Waals surface area (Å²) in [5.41, 5.74) is 2.81. The number of rotatable bonds is 7. The molecule has 0 saturated heterocycles. The molecule has 0 aliphatic rings. The standard InChI is InChI=1S/C23H19F2N11O/c1-11-7-12(10-26)27-16(8-11)29-17-9-15(18-22(30-17)32-23(31-18)20(24)25)28-14-6-4-5-13(19(14)37-3)21-33-35-36(2)34-21/h4-9,20H,1-3H3,(H3,27,28,29,30,31,32). The number of para-hydroxylation sites is 1. The fourth-order valence-corrected chi connectivity index (χ4v) is 3.76. The Kier molecular flexibility index (Phi) is 6.02. The van der Waals surface area contributed by atoms with E-state index in [2.05, 4.69) is 46.0 Å². The van der Waals surface area contributed by atoms with Gasteiger partial charge in [0, 0.05) is 6.07 Å². The minimum Gasteiger partial charge on any atom is -0.494 e. The highest BCUT2D eigenvalue weighted by Gasteiger charge is 2.20. The summed E-state index contributed by atoms with van der Waals surface area (Å²) < 4.78 is 32.6. The van der Waals surface area contributed by atoms with E-state index >= 15 is 0 Å². The van der Waals surface area contributed by atoms with E-state index in [9.17, 15) is 14.0 Å². The quantitative estimate of drug-likeness (QED) is 0.295. The summed E-state index contributed by atoms with van der Waals surface area (Å²) in [5, 5.41) is 27.6. The number of imidazole rings is 1. The smallest absolute Gasteiger partial charge is 0.295 e. The number of anilines is 4. The van der Waals surface area contributed by atoms with Crippen LogP contribution >= 0.6 is 0 Å². The van der Waals surface area contributed by atoms with Gasteiger partial charge < -0.3 is 20.4 Å². The van der Waals surface area contributed by atoms with E-state index < -0.39 is 12.2 Å². The van der Waals surface area contributed by atoms with Crippen LogP contribution in [0.3, 0.4) is 0 Å². The number of aromatic nitrogens is 8. The molecule has 0 aliphatic carbocycles. The lowest BCUT2D eigenvalue weighted by molar-refractivity contribution is 0.142. The van der Waals surface area contributed by atoms with E-state index in [4.69, 9.17) is 4.74 Å². The summed E-state index contributed by atoms with van der Waals surface area (Å²) in [4.78, 5) is 16.5. The number of hydrogen-bond acceptors (Lipinski definition) is 10. The number of fused-ring (bicyclic) bond motifs is 1. The van der Waals surface area contributed by atoms with Gasteiger partial charge >= 0.3 is 0 Å². The molecule has 4 aromatic heterocycles. The van der Waals surface area contributed by atoms with Crippen molar-refractivity contribution in [1.29, 1.82) is 5.26 Å². The number of benzene rings is 1. The molecular weight excluding hydrogens is 484 g/mol. The number of nitrogens with one attached hydrogen (secondary N) is 3. The van der Waals surface area contributed by atoms with Crippen molar-refractivity contribution in [1.82, 2.24) is 40.1 Å². The molecule has 1 aromatic carbocycles. The van der Waals surface area contributed by atoms with E-state index in [1.807, 2.05) is 13.0 Å². The van der Waals surface area contributed by atoms with Gasteiger partial charge in [0.05, 0.1) is 31.1 Å². The maximum Gasteiger partial charge on any atom is 0.295 e. The van der Waals surface area contributed by atoms with Crippen LogP contribution in [0.25, 0.3) is 22.6 Å². The minimum absolute atomic E-state index is 0.127. The van der Waals surface area contributed by atoms with Crippen molar-refractivity contribution in [2.75, 3.05) is 17.7 Å². The van der Waals surface area contributed by atoms with Crippen molar-refractivity contribution in [3.8, 4) is 23.2 Å². The molecule has 5 rings (SSSR count). The molecular formula is C23H19F2N11O. The van der Waals surface area contributed by atoms with Crippen molar-refractivity contribution >= 4 is 34.2 Å². The summed E-state index contributed by atoms with van der Waals surface area (Å²) in [6, 6.07) is 12.3. The maximum absolute atomic E-state index is 13.5. The van der Waals surface area contributed by atoms with Crippen LogP contribution in [0.5, 0.6) is 5.75 Å². The predicted molar refractivity (Wildman–Crippen MR) is 130 cm³/mol. The number of aromatic amines is 1. The van der Waals surface area contributed by atoms with Crippen LogP contribution in [0.15, 0.2) is 36.4 Å². The maximum atomic E-state index is 13.5. The number of methoxy groups -OCH3 is 1. The molecule has 0 radical (unpaired) electrons. The average molecular weight is 503 g/mol. The molecule has 0 atom stereocenters. The summed E-state index contributed by atoms with van der Waals surface area (Å²) in [6.07, 6.45) is -2.82. The van der Waals surface area contributed by atoms with E-state index in [0.717, 1.165) is 5.56 Å². The zero-order chi connectivity index (χ0) is 26.1. The number of H-pyrrole nitrogens is 1. The van der Waals surface area contributed by atoms with Crippen LogP contribution in [-0.2, 0) is 7.05 Å². The third-order valence-corrected chi connectivity index (χ3v) is 5.26. The highest BCUT2D eigenvalue weighted by atomic mass is 19.3. The van der Waals surface area contributed by atoms with Gasteiger partial charge in [-0.15, -0.1) is 10.2 Å². The second-order valence-electron chi connectivity index (χ2n) is 7.94. The van der Waals surface area contributed by atoms with Crippen molar-refractivity contribution < 1.29 is 13.5 Å². The van der Waals surface area contributed by atoms with Crippen LogP contribution in [0.2, 0.25) is 0 Å². The highest BCUT2D eigenvalue weighted by Crippen LogP contribution is 2.38. The monoisotopic (exact) mass is 503 g/mol. The Balaban J connectivity index is 1.60. The van der Waals surface area contributed by atoms with E-state index in [-0.39, 0.29) is 22.7 Å². The molecule has 4 heterocycles. The summed E-state index contributed by atoms with van der Waals surface area (Å²) >= 11 is 0. The molecule has 0 amide bonds. The van der Waals surface area contributed by atoms with Gasteiger partial charge in [-0.2, -0.15) is 10.1 Å². The number of tetrazole rings is 1. The van der Waals surface area contributed by atoms with Gasteiger partial charge in [0.25, 0.3) is 6.43 Å². The molecule has 37 heavy (non-hydrogen) atoms. The molecule has 0 bridgehead atoms. The molecule has 0 saturated carbocycles. The van der Waals surface area contributed by atoms with Gasteiger partial charge in [-0.25, -0.2) is 23.7 Å². The summed E-state index contributed by atoms with van der Waals surface area (Å²) in [5.74, 6) is 0.901. The van der Waals surface area contributed by atoms with Gasteiger partial charge in [0.15, 0.2) is 17.2 Å². The Morgan fingerprint density at radius 1 is 1.08 bits per heavy atom. The Hall–Kier alpha value is -5.19. The average Bonchev–Trinajstić information content (AvgIpc) is 3.50. The van der Waals surface area contributed by atoms with Gasteiger partial charge in [0.1, 0.15) is 28.9 Å². The Labute approximate surface area is 208 Å². The first kappa shape index (κ1) is 23.5. The normalized spacial score (nSPS) is 11.1. The van der Waals surface area contributed by atoms with Crippen LogP contribution in [-0.4, -0.2) is 47.3 Å². The molecule has 0 aliphatic heterocycles. The third kappa shape index (κ3) is 4.69. The largest absolute Gasteiger partial charge is 0.494 e. The second-order valence-corrected chi connectivity index (χ2v) is 7.94. The Morgan fingerprint density at radius 2 is 1.89 bits per heavy atom. The topological polar surface area (TPSA) is 155 Å². The van der Waals surface area contributed by atoms with Crippen molar-refractivity contribution in [3.05, 3.63) is 53.5 Å². The molecule has 186 valence electrons. The first-order chi connectivity index (χ1) is 17.8. The molecule has 14 heteroatoms. The third-order valence-electron chi connectivity index (χ3n) is 5.26. The molecule has 5 aromatic rings. The number of ether oxygens (including phenoxy) is 1. The highest BCUT2D eigenvalue weighted by molar-refractivity contribution is 5.92. The SMILES string of the molecule is COc1c(Nc2cc(Nc3cc(C)cc(C#N)n3)nc3[nH]c(C(F)F)nc23)cccc1-c1nnn(C)n1. The van der Waals surface area contributed by atoms with Crippen LogP contribution in [0.1, 0.15) is 23.5 Å².